The molecule has 2 aromatic carbocycles. The highest BCUT2D eigenvalue weighted by molar-refractivity contribution is 5.91. The first-order valence-corrected chi connectivity index (χ1v) is 14.1. The van der Waals surface area contributed by atoms with Crippen molar-refractivity contribution in [1.29, 1.82) is 0 Å². The van der Waals surface area contributed by atoms with Crippen LogP contribution in [-0.4, -0.2) is 41.2 Å². The Balaban J connectivity index is 1.23. The van der Waals surface area contributed by atoms with E-state index in [-0.39, 0.29) is 30.4 Å². The molecule has 6 heteroatoms. The third-order valence-corrected chi connectivity index (χ3v) is 8.37. The van der Waals surface area contributed by atoms with E-state index in [0.29, 0.717) is 11.5 Å². The molecular formula is C32H36N2O4. The monoisotopic (exact) mass is 512 g/mol. The highest BCUT2D eigenvalue weighted by Crippen LogP contribution is 2.40. The first-order valence-electron chi connectivity index (χ1n) is 14.1. The van der Waals surface area contributed by atoms with Crippen molar-refractivity contribution in [3.8, 4) is 5.75 Å². The van der Waals surface area contributed by atoms with E-state index >= 15 is 0 Å². The second kappa shape index (κ2) is 10.7. The smallest absolute Gasteiger partial charge is 0.289 e. The largest absolute Gasteiger partial charge is 0.486 e. The molecule has 38 heavy (non-hydrogen) atoms. The molecule has 1 saturated heterocycles. The number of nitrogens with zero attached hydrogens (tertiary/aromatic N) is 2. The van der Waals surface area contributed by atoms with Crippen molar-refractivity contribution in [1.82, 2.24) is 9.80 Å². The molecule has 6 nitrogen and oxygen atoms in total. The lowest BCUT2D eigenvalue weighted by Crippen LogP contribution is -2.43. The summed E-state index contributed by atoms with van der Waals surface area (Å²) in [5, 5.41) is 0. The average molecular weight is 513 g/mol. The number of carbonyl (C=O) groups is 2. The molecule has 1 saturated carbocycles. The summed E-state index contributed by atoms with van der Waals surface area (Å²) in [6, 6.07) is 18.2. The summed E-state index contributed by atoms with van der Waals surface area (Å²) < 4.78 is 12.0. The van der Waals surface area contributed by atoms with Crippen molar-refractivity contribution in [3.63, 3.8) is 0 Å². The molecule has 2 amide bonds. The molecule has 3 aromatic rings. The fourth-order valence-corrected chi connectivity index (χ4v) is 6.24. The maximum Gasteiger partial charge on any atom is 0.289 e. The summed E-state index contributed by atoms with van der Waals surface area (Å²) in [7, 11) is 0. The van der Waals surface area contributed by atoms with Crippen molar-refractivity contribution in [2.45, 2.75) is 64.5 Å². The minimum absolute atomic E-state index is 0.0458. The zero-order chi connectivity index (χ0) is 26.1. The zero-order valence-corrected chi connectivity index (χ0v) is 22.2. The number of hydrogen-bond acceptors (Lipinski definition) is 4. The second-order valence-electron chi connectivity index (χ2n) is 11.0. The number of fused-ring (bicyclic) bond motifs is 1. The van der Waals surface area contributed by atoms with Crippen LogP contribution >= 0.6 is 0 Å². The number of benzene rings is 2. The molecule has 0 N–H and O–H groups in total. The molecule has 1 aliphatic carbocycles. The van der Waals surface area contributed by atoms with Gasteiger partial charge in [-0.05, 0) is 80.0 Å². The standard InChI is InChI=1S/C32H36N2O4/c1-22-8-10-24(11-9-22)30-28-20-26(13-12-23(28)16-19-34(30)31(35)25-6-2-3-7-25)37-21-27-14-15-29(38-27)32(36)33-17-4-5-18-33/h8-15,20,25,30H,2-7,16-19,21H2,1H3/t30-/m1/s1. The van der Waals surface area contributed by atoms with Crippen molar-refractivity contribution < 1.29 is 18.7 Å². The Labute approximate surface area is 224 Å². The minimum Gasteiger partial charge on any atom is -0.486 e. The third kappa shape index (κ3) is 4.96. The van der Waals surface area contributed by atoms with E-state index in [1.165, 1.54) is 11.1 Å². The highest BCUT2D eigenvalue weighted by atomic mass is 16.5. The lowest BCUT2D eigenvalue weighted by Gasteiger charge is -2.39. The van der Waals surface area contributed by atoms with Crippen LogP contribution in [0, 0.1) is 12.8 Å². The number of rotatable bonds is 6. The van der Waals surface area contributed by atoms with Crippen molar-refractivity contribution in [2.24, 2.45) is 5.92 Å². The molecule has 1 atom stereocenters. The number of ether oxygens (including phenoxy) is 1. The molecule has 0 bridgehead atoms. The molecule has 2 aliphatic heterocycles. The van der Waals surface area contributed by atoms with Crippen LogP contribution < -0.4 is 4.74 Å². The van der Waals surface area contributed by atoms with Crippen LogP contribution in [0.5, 0.6) is 5.75 Å². The summed E-state index contributed by atoms with van der Waals surface area (Å²) in [6.45, 7) is 4.66. The molecule has 198 valence electrons. The number of carbonyl (C=O) groups excluding carboxylic acids is 2. The number of furan rings is 1. The van der Waals surface area contributed by atoms with Gasteiger partial charge in [0, 0.05) is 25.6 Å². The van der Waals surface area contributed by atoms with E-state index in [9.17, 15) is 9.59 Å². The van der Waals surface area contributed by atoms with Crippen LogP contribution in [0.25, 0.3) is 0 Å². The summed E-state index contributed by atoms with van der Waals surface area (Å²) in [4.78, 5) is 30.2. The Kier molecular flexibility index (Phi) is 6.96. The van der Waals surface area contributed by atoms with E-state index < -0.39 is 0 Å². The van der Waals surface area contributed by atoms with Gasteiger partial charge in [0.05, 0.1) is 6.04 Å². The molecule has 0 unspecified atom stereocenters. The molecule has 6 rings (SSSR count). The summed E-state index contributed by atoms with van der Waals surface area (Å²) in [5.74, 6) is 2.11. The fourth-order valence-electron chi connectivity index (χ4n) is 6.24. The predicted molar refractivity (Wildman–Crippen MR) is 145 cm³/mol. The maximum atomic E-state index is 13.7. The van der Waals surface area contributed by atoms with Crippen molar-refractivity contribution >= 4 is 11.8 Å². The number of aryl methyl sites for hydroxylation is 1. The van der Waals surface area contributed by atoms with Gasteiger partial charge in [-0.2, -0.15) is 0 Å². The zero-order valence-electron chi connectivity index (χ0n) is 22.2. The SMILES string of the molecule is Cc1ccc([C@@H]2c3cc(OCc4ccc(C(=O)N5CCCC5)o4)ccc3CCN2C(=O)C2CCCC2)cc1. The normalized spacial score (nSPS) is 19.6. The molecule has 0 spiro atoms. The van der Waals surface area contributed by atoms with Crippen LogP contribution in [0.4, 0.5) is 0 Å². The Hall–Kier alpha value is -3.54. The lowest BCUT2D eigenvalue weighted by atomic mass is 9.86. The quantitative estimate of drug-likeness (QED) is 0.402. The van der Waals surface area contributed by atoms with Gasteiger partial charge in [0.25, 0.3) is 5.91 Å². The van der Waals surface area contributed by atoms with E-state index in [2.05, 4.69) is 48.2 Å². The molecule has 3 aliphatic rings. The molecular weight excluding hydrogens is 476 g/mol. The van der Waals surface area contributed by atoms with Gasteiger partial charge >= 0.3 is 0 Å². The first kappa shape index (κ1) is 24.8. The Morgan fingerprint density at radius 3 is 2.45 bits per heavy atom. The van der Waals surface area contributed by atoms with E-state index in [0.717, 1.165) is 81.5 Å². The van der Waals surface area contributed by atoms with E-state index in [1.807, 2.05) is 17.0 Å². The fraction of sp³-hybridized carbons (Fsp3) is 0.438. The molecule has 3 heterocycles. The number of hydrogen-bond donors (Lipinski definition) is 0. The predicted octanol–water partition coefficient (Wildman–Crippen LogP) is 6.07. The van der Waals surface area contributed by atoms with Gasteiger partial charge in [0.2, 0.25) is 5.91 Å². The Bertz CT molecular complexity index is 1300. The van der Waals surface area contributed by atoms with E-state index in [4.69, 9.17) is 9.15 Å². The second-order valence-corrected chi connectivity index (χ2v) is 11.0. The summed E-state index contributed by atoms with van der Waals surface area (Å²) in [6.07, 6.45) is 7.23. The van der Waals surface area contributed by atoms with Gasteiger partial charge in [-0.25, -0.2) is 0 Å². The van der Waals surface area contributed by atoms with Gasteiger partial charge in [0.15, 0.2) is 5.76 Å². The minimum atomic E-state index is -0.121. The van der Waals surface area contributed by atoms with Crippen molar-refractivity contribution in [2.75, 3.05) is 19.6 Å². The summed E-state index contributed by atoms with van der Waals surface area (Å²) in [5.41, 5.74) is 4.73. The van der Waals surface area contributed by atoms with Gasteiger partial charge < -0.3 is 19.0 Å². The topological polar surface area (TPSA) is 63.0 Å². The number of amides is 2. The maximum absolute atomic E-state index is 13.7. The average Bonchev–Trinajstić information content (AvgIpc) is 3.74. The van der Waals surface area contributed by atoms with Crippen LogP contribution in [0.1, 0.15) is 83.1 Å². The van der Waals surface area contributed by atoms with E-state index in [1.54, 1.807) is 6.07 Å². The van der Waals surface area contributed by atoms with Crippen LogP contribution in [0.3, 0.4) is 0 Å². The van der Waals surface area contributed by atoms with Gasteiger partial charge in [-0.1, -0.05) is 48.7 Å². The number of likely N-dealkylation sites (tertiary alicyclic amines) is 1. The first-order chi connectivity index (χ1) is 18.6. The highest BCUT2D eigenvalue weighted by Gasteiger charge is 2.36. The lowest BCUT2D eigenvalue weighted by molar-refractivity contribution is -0.137. The van der Waals surface area contributed by atoms with Crippen LogP contribution in [0.2, 0.25) is 0 Å². The Morgan fingerprint density at radius 2 is 1.68 bits per heavy atom. The van der Waals surface area contributed by atoms with Gasteiger partial charge in [0.1, 0.15) is 18.1 Å². The van der Waals surface area contributed by atoms with Crippen molar-refractivity contribution in [3.05, 3.63) is 88.4 Å². The van der Waals surface area contributed by atoms with Crippen LogP contribution in [0.15, 0.2) is 59.0 Å². The van der Waals surface area contributed by atoms with Crippen LogP contribution in [-0.2, 0) is 17.8 Å². The molecule has 0 radical (unpaired) electrons. The van der Waals surface area contributed by atoms with Gasteiger partial charge in [-0.15, -0.1) is 0 Å². The van der Waals surface area contributed by atoms with Gasteiger partial charge in [-0.3, -0.25) is 9.59 Å². The molecule has 1 aromatic heterocycles. The summed E-state index contributed by atoms with van der Waals surface area (Å²) >= 11 is 0. The Morgan fingerprint density at radius 1 is 0.921 bits per heavy atom. The third-order valence-electron chi connectivity index (χ3n) is 8.37. The molecule has 2 fully saturated rings.